The predicted octanol–water partition coefficient (Wildman–Crippen LogP) is 1.81. The van der Waals surface area contributed by atoms with Gasteiger partial charge in [0.05, 0.1) is 12.1 Å². The molecular weight excluding hydrogens is 276 g/mol. The Morgan fingerprint density at radius 2 is 2.18 bits per heavy atom. The van der Waals surface area contributed by atoms with Gasteiger partial charge in [0.2, 0.25) is 5.91 Å². The minimum absolute atomic E-state index is 0.0376. The van der Waals surface area contributed by atoms with Gasteiger partial charge in [-0.15, -0.1) is 0 Å². The van der Waals surface area contributed by atoms with Crippen molar-refractivity contribution in [1.82, 2.24) is 20.4 Å². The molecule has 1 saturated heterocycles. The third-order valence-electron chi connectivity index (χ3n) is 5.28. The van der Waals surface area contributed by atoms with Gasteiger partial charge in [0.1, 0.15) is 0 Å². The van der Waals surface area contributed by atoms with Crippen LogP contribution in [0, 0.1) is 11.8 Å². The molecule has 1 aliphatic heterocycles. The Morgan fingerprint density at radius 3 is 2.91 bits per heavy atom. The van der Waals surface area contributed by atoms with E-state index in [-0.39, 0.29) is 17.7 Å². The number of hydrogen-bond donors (Lipinski definition) is 2. The number of carbonyl (C=O) groups excluding carboxylic acids is 1. The molecule has 2 heterocycles. The number of nitrogens with zero attached hydrogens (tertiary/aromatic N) is 2. The fourth-order valence-electron chi connectivity index (χ4n) is 3.94. The van der Waals surface area contributed by atoms with Crippen molar-refractivity contribution in [2.75, 3.05) is 19.6 Å². The van der Waals surface area contributed by atoms with Gasteiger partial charge in [0.25, 0.3) is 0 Å². The average Bonchev–Trinajstić information content (AvgIpc) is 3.16. The molecule has 2 aliphatic rings. The highest BCUT2D eigenvalue weighted by Gasteiger charge is 2.34. The maximum atomic E-state index is 12.5. The highest BCUT2D eigenvalue weighted by atomic mass is 16.1. The van der Waals surface area contributed by atoms with Crippen LogP contribution >= 0.6 is 0 Å². The van der Waals surface area contributed by atoms with Crippen molar-refractivity contribution in [3.63, 3.8) is 0 Å². The van der Waals surface area contributed by atoms with Crippen LogP contribution in [-0.4, -0.2) is 35.3 Å². The molecule has 2 fully saturated rings. The van der Waals surface area contributed by atoms with Crippen molar-refractivity contribution < 1.29 is 4.79 Å². The maximum absolute atomic E-state index is 12.5. The molecule has 0 unspecified atom stereocenters. The summed E-state index contributed by atoms with van der Waals surface area (Å²) >= 11 is 0. The molecule has 1 aliphatic carbocycles. The second-order valence-corrected chi connectivity index (χ2v) is 6.90. The molecule has 0 radical (unpaired) electrons. The molecule has 2 atom stereocenters. The number of rotatable bonds is 5. The zero-order chi connectivity index (χ0) is 15.4. The van der Waals surface area contributed by atoms with Gasteiger partial charge in [-0.1, -0.05) is 32.1 Å². The Kier molecular flexibility index (Phi) is 5.13. The minimum Gasteiger partial charge on any atom is -0.356 e. The molecule has 1 saturated carbocycles. The molecule has 1 aromatic rings. The van der Waals surface area contributed by atoms with Crippen molar-refractivity contribution >= 4 is 5.91 Å². The topological polar surface area (TPSA) is 59.0 Å². The third-order valence-corrected chi connectivity index (χ3v) is 5.28. The van der Waals surface area contributed by atoms with Crippen molar-refractivity contribution in [3.05, 3.63) is 18.0 Å². The fraction of sp³-hybridized carbons (Fsp3) is 0.765. The Morgan fingerprint density at radius 1 is 1.36 bits per heavy atom. The molecule has 0 bridgehead atoms. The maximum Gasteiger partial charge on any atom is 0.225 e. The molecule has 1 aromatic heterocycles. The second kappa shape index (κ2) is 7.27. The van der Waals surface area contributed by atoms with Crippen LogP contribution in [0.1, 0.15) is 50.0 Å². The Bertz CT molecular complexity index is 493. The van der Waals surface area contributed by atoms with Crippen molar-refractivity contribution in [2.45, 2.75) is 44.4 Å². The van der Waals surface area contributed by atoms with Gasteiger partial charge >= 0.3 is 0 Å². The van der Waals surface area contributed by atoms with E-state index in [9.17, 15) is 4.79 Å². The number of aromatic nitrogens is 2. The third kappa shape index (κ3) is 3.69. The van der Waals surface area contributed by atoms with E-state index < -0.39 is 0 Å². The van der Waals surface area contributed by atoms with Crippen LogP contribution in [0.2, 0.25) is 0 Å². The molecular formula is C17H28N4O. The van der Waals surface area contributed by atoms with E-state index >= 15 is 0 Å². The standard InChI is InChI=1S/C17H28N4O/c1-21-12-14(9-20-21)15-10-18-11-16(15)17(22)19-8-7-13-5-3-2-4-6-13/h9,12-13,15-16,18H,2-8,10-11H2,1H3,(H,19,22)/t15-,16+/m1/s1. The molecule has 0 spiro atoms. The molecule has 5 heteroatoms. The molecule has 2 N–H and O–H groups in total. The number of carbonyl (C=O) groups is 1. The Labute approximate surface area is 132 Å². The fourth-order valence-corrected chi connectivity index (χ4v) is 3.94. The van der Waals surface area contributed by atoms with Crippen molar-refractivity contribution in [2.24, 2.45) is 18.9 Å². The van der Waals surface area contributed by atoms with Gasteiger partial charge in [0, 0.05) is 38.8 Å². The highest BCUT2D eigenvalue weighted by Crippen LogP contribution is 2.28. The largest absolute Gasteiger partial charge is 0.356 e. The summed E-state index contributed by atoms with van der Waals surface area (Å²) in [5, 5.41) is 10.8. The zero-order valence-corrected chi connectivity index (χ0v) is 13.6. The van der Waals surface area contributed by atoms with E-state index in [0.29, 0.717) is 0 Å². The molecule has 0 aromatic carbocycles. The smallest absolute Gasteiger partial charge is 0.225 e. The summed E-state index contributed by atoms with van der Waals surface area (Å²) in [7, 11) is 1.92. The lowest BCUT2D eigenvalue weighted by molar-refractivity contribution is -0.124. The summed E-state index contributed by atoms with van der Waals surface area (Å²) in [6.07, 6.45) is 11.9. The summed E-state index contributed by atoms with van der Waals surface area (Å²) in [5.74, 6) is 1.32. The van der Waals surface area contributed by atoms with Crippen molar-refractivity contribution in [3.8, 4) is 0 Å². The van der Waals surface area contributed by atoms with Crippen molar-refractivity contribution in [1.29, 1.82) is 0 Å². The first-order chi connectivity index (χ1) is 10.7. The van der Waals surface area contributed by atoms with Gasteiger partial charge in [0.15, 0.2) is 0 Å². The number of hydrogen-bond acceptors (Lipinski definition) is 3. The van der Waals surface area contributed by atoms with Crippen LogP contribution in [0.25, 0.3) is 0 Å². The first kappa shape index (κ1) is 15.5. The van der Waals surface area contributed by atoms with Crippen LogP contribution in [0.15, 0.2) is 12.4 Å². The number of aryl methyl sites for hydroxylation is 1. The van der Waals surface area contributed by atoms with Gasteiger partial charge in [-0.05, 0) is 17.9 Å². The molecule has 3 rings (SSSR count). The molecule has 1 amide bonds. The van der Waals surface area contributed by atoms with E-state index in [1.165, 1.54) is 37.7 Å². The van der Waals surface area contributed by atoms with E-state index in [2.05, 4.69) is 15.7 Å². The molecule has 5 nitrogen and oxygen atoms in total. The zero-order valence-electron chi connectivity index (χ0n) is 13.6. The lowest BCUT2D eigenvalue weighted by Crippen LogP contribution is -2.35. The molecule has 122 valence electrons. The predicted molar refractivity (Wildman–Crippen MR) is 86.5 cm³/mol. The van der Waals surface area contributed by atoms with Crippen LogP contribution in [0.3, 0.4) is 0 Å². The van der Waals surface area contributed by atoms with Crippen LogP contribution in [0.5, 0.6) is 0 Å². The first-order valence-corrected chi connectivity index (χ1v) is 8.71. The van der Waals surface area contributed by atoms with Gasteiger partial charge in [-0.25, -0.2) is 0 Å². The monoisotopic (exact) mass is 304 g/mol. The SMILES string of the molecule is Cn1cc([C@H]2CNC[C@@H]2C(=O)NCCC2CCCCC2)cn1. The van der Waals surface area contributed by atoms with Crippen LogP contribution in [0.4, 0.5) is 0 Å². The van der Waals surface area contributed by atoms with Gasteiger partial charge < -0.3 is 10.6 Å². The second-order valence-electron chi connectivity index (χ2n) is 6.90. The van der Waals surface area contributed by atoms with Gasteiger partial charge in [-0.2, -0.15) is 5.10 Å². The number of nitrogens with one attached hydrogen (secondary N) is 2. The minimum atomic E-state index is 0.0376. The lowest BCUT2D eigenvalue weighted by atomic mass is 9.87. The van der Waals surface area contributed by atoms with Gasteiger partial charge in [-0.3, -0.25) is 9.48 Å². The summed E-state index contributed by atoms with van der Waals surface area (Å²) in [5.41, 5.74) is 1.17. The van der Waals surface area contributed by atoms with E-state index in [1.54, 1.807) is 0 Å². The van der Waals surface area contributed by atoms with E-state index in [4.69, 9.17) is 0 Å². The van der Waals surface area contributed by atoms with Crippen LogP contribution in [-0.2, 0) is 11.8 Å². The van der Waals surface area contributed by atoms with E-state index in [0.717, 1.165) is 32.0 Å². The Hall–Kier alpha value is -1.36. The summed E-state index contributed by atoms with van der Waals surface area (Å²) in [4.78, 5) is 12.5. The average molecular weight is 304 g/mol. The summed E-state index contributed by atoms with van der Waals surface area (Å²) in [6.45, 7) is 2.47. The van der Waals surface area contributed by atoms with E-state index in [1.807, 2.05) is 24.1 Å². The number of amides is 1. The van der Waals surface area contributed by atoms with Crippen LogP contribution < -0.4 is 10.6 Å². The first-order valence-electron chi connectivity index (χ1n) is 8.71. The Balaban J connectivity index is 1.48. The lowest BCUT2D eigenvalue weighted by Gasteiger charge is -2.22. The normalized spacial score (nSPS) is 26.2. The highest BCUT2D eigenvalue weighted by molar-refractivity contribution is 5.80. The summed E-state index contributed by atoms with van der Waals surface area (Å²) in [6, 6.07) is 0. The quantitative estimate of drug-likeness (QED) is 0.872. The summed E-state index contributed by atoms with van der Waals surface area (Å²) < 4.78 is 1.81. The molecule has 22 heavy (non-hydrogen) atoms.